The largest absolute Gasteiger partial charge is 0.229 e. The van der Waals surface area contributed by atoms with E-state index >= 15 is 0 Å². The number of sulfone groups is 1. The molecule has 0 bridgehead atoms. The zero-order chi connectivity index (χ0) is 13.3. The van der Waals surface area contributed by atoms with Crippen molar-refractivity contribution in [3.8, 4) is 0 Å². The molecule has 0 aliphatic heterocycles. The maximum atomic E-state index is 11.6. The molecule has 2 aromatic rings. The highest BCUT2D eigenvalue weighted by molar-refractivity contribution is 7.91. The molecule has 4 heteroatoms. The van der Waals surface area contributed by atoms with Gasteiger partial charge in [-0.05, 0) is 23.3 Å². The first-order valence-electron chi connectivity index (χ1n) is 5.72. The molecule has 2 rings (SSSR count). The van der Waals surface area contributed by atoms with Gasteiger partial charge in [0.15, 0.2) is 9.84 Å². The molecule has 0 aliphatic carbocycles. The number of fused-ring (bicyclic) bond motifs is 1. The number of halogens is 1. The van der Waals surface area contributed by atoms with Gasteiger partial charge in [-0.2, -0.15) is 0 Å². The van der Waals surface area contributed by atoms with Crippen molar-refractivity contribution in [2.24, 2.45) is 0 Å². The van der Waals surface area contributed by atoms with Gasteiger partial charge >= 0.3 is 0 Å². The van der Waals surface area contributed by atoms with E-state index in [0.29, 0.717) is 0 Å². The van der Waals surface area contributed by atoms with Crippen molar-refractivity contribution in [1.29, 1.82) is 0 Å². The Bertz CT molecular complexity index is 659. The van der Waals surface area contributed by atoms with Gasteiger partial charge in [0.05, 0.1) is 10.6 Å². The van der Waals surface area contributed by atoms with Crippen LogP contribution in [0.4, 0.5) is 0 Å². The van der Waals surface area contributed by atoms with Crippen LogP contribution in [-0.4, -0.2) is 19.9 Å². The fourth-order valence-electron chi connectivity index (χ4n) is 1.96. The summed E-state index contributed by atoms with van der Waals surface area (Å²) in [4.78, 5) is 0. The third-order valence-electron chi connectivity index (χ3n) is 3.21. The molecule has 0 saturated heterocycles. The molecule has 0 aliphatic rings. The molecule has 0 amide bonds. The first kappa shape index (κ1) is 13.4. The minimum Gasteiger partial charge on any atom is -0.229 e. The van der Waals surface area contributed by atoms with Crippen molar-refractivity contribution in [3.63, 3.8) is 0 Å². The molecule has 0 N–H and O–H groups in total. The Balaban J connectivity index is 2.55. The molecule has 2 nitrogen and oxygen atoms in total. The van der Waals surface area contributed by atoms with Crippen molar-refractivity contribution in [2.45, 2.75) is 17.6 Å². The Labute approximate surface area is 113 Å². The highest BCUT2D eigenvalue weighted by Gasteiger charge is 2.26. The quantitative estimate of drug-likeness (QED) is 0.807. The molecule has 0 heterocycles. The first-order valence-corrected chi connectivity index (χ1v) is 8.11. The standard InChI is InChI=1S/C14H15ClO2S/c1-10(18(2,16)17)14(15)13-9-5-7-11-6-3-4-8-12(11)13/h3-10,14H,1-2H3. The number of alkyl halides is 1. The van der Waals surface area contributed by atoms with Crippen LogP contribution in [0.5, 0.6) is 0 Å². The molecule has 0 fully saturated rings. The zero-order valence-electron chi connectivity index (χ0n) is 10.3. The summed E-state index contributed by atoms with van der Waals surface area (Å²) in [6.45, 7) is 1.65. The smallest absolute Gasteiger partial charge is 0.151 e. The van der Waals surface area contributed by atoms with Gasteiger partial charge in [0, 0.05) is 6.26 Å². The van der Waals surface area contributed by atoms with Crippen LogP contribution >= 0.6 is 11.6 Å². The molecule has 18 heavy (non-hydrogen) atoms. The van der Waals surface area contributed by atoms with E-state index in [4.69, 9.17) is 11.6 Å². The minimum absolute atomic E-state index is 0.536. The summed E-state index contributed by atoms with van der Waals surface area (Å²) in [5, 5.41) is 0.938. The van der Waals surface area contributed by atoms with Gasteiger partial charge in [-0.1, -0.05) is 42.5 Å². The van der Waals surface area contributed by atoms with Gasteiger partial charge in [0.1, 0.15) is 0 Å². The predicted molar refractivity (Wildman–Crippen MR) is 76.8 cm³/mol. The van der Waals surface area contributed by atoms with E-state index in [1.807, 2.05) is 42.5 Å². The maximum absolute atomic E-state index is 11.6. The molecular formula is C14H15ClO2S. The van der Waals surface area contributed by atoms with Crippen LogP contribution in [0, 0.1) is 0 Å². The second kappa shape index (κ2) is 4.90. The second-order valence-electron chi connectivity index (χ2n) is 4.50. The average Bonchev–Trinajstić information content (AvgIpc) is 2.35. The minimum atomic E-state index is -3.15. The van der Waals surface area contributed by atoms with Crippen LogP contribution < -0.4 is 0 Å². The monoisotopic (exact) mass is 282 g/mol. The summed E-state index contributed by atoms with van der Waals surface area (Å²) in [6.07, 6.45) is 1.22. The third-order valence-corrected chi connectivity index (χ3v) is 5.59. The van der Waals surface area contributed by atoms with Gasteiger partial charge in [0.2, 0.25) is 0 Å². The number of hydrogen-bond donors (Lipinski definition) is 0. The molecule has 2 unspecified atom stereocenters. The Morgan fingerprint density at radius 2 is 1.67 bits per heavy atom. The fraction of sp³-hybridized carbons (Fsp3) is 0.286. The van der Waals surface area contributed by atoms with E-state index in [2.05, 4.69) is 0 Å². The summed E-state index contributed by atoms with van der Waals surface area (Å²) in [7, 11) is -3.15. The molecule has 0 spiro atoms. The lowest BCUT2D eigenvalue weighted by Crippen LogP contribution is -2.21. The Kier molecular flexibility index (Phi) is 3.64. The Hall–Kier alpha value is -1.06. The highest BCUT2D eigenvalue weighted by Crippen LogP contribution is 2.33. The van der Waals surface area contributed by atoms with Crippen LogP contribution in [0.1, 0.15) is 17.9 Å². The van der Waals surface area contributed by atoms with Gasteiger partial charge in [0.25, 0.3) is 0 Å². The van der Waals surface area contributed by atoms with Gasteiger partial charge in [-0.3, -0.25) is 0 Å². The average molecular weight is 283 g/mol. The van der Waals surface area contributed by atoms with Crippen LogP contribution in [0.3, 0.4) is 0 Å². The Morgan fingerprint density at radius 1 is 1.06 bits per heavy atom. The number of rotatable bonds is 3. The van der Waals surface area contributed by atoms with Crippen LogP contribution in [-0.2, 0) is 9.84 Å². The fourth-order valence-corrected chi connectivity index (χ4v) is 3.29. The summed E-state index contributed by atoms with van der Waals surface area (Å²) in [5.74, 6) is 0. The van der Waals surface area contributed by atoms with E-state index in [0.717, 1.165) is 16.3 Å². The number of hydrogen-bond acceptors (Lipinski definition) is 2. The molecular weight excluding hydrogens is 268 g/mol. The highest BCUT2D eigenvalue weighted by atomic mass is 35.5. The van der Waals surface area contributed by atoms with Crippen molar-refractivity contribution in [1.82, 2.24) is 0 Å². The molecule has 0 saturated carbocycles. The number of benzene rings is 2. The lowest BCUT2D eigenvalue weighted by Gasteiger charge is -2.18. The van der Waals surface area contributed by atoms with E-state index < -0.39 is 20.5 Å². The van der Waals surface area contributed by atoms with Gasteiger partial charge in [-0.15, -0.1) is 11.6 Å². The van der Waals surface area contributed by atoms with Gasteiger partial charge < -0.3 is 0 Å². The maximum Gasteiger partial charge on any atom is 0.151 e. The van der Waals surface area contributed by atoms with Crippen LogP contribution in [0.2, 0.25) is 0 Å². The van der Waals surface area contributed by atoms with Crippen molar-refractivity contribution in [2.75, 3.05) is 6.26 Å². The van der Waals surface area contributed by atoms with Crippen molar-refractivity contribution in [3.05, 3.63) is 48.0 Å². The first-order chi connectivity index (χ1) is 8.41. The van der Waals surface area contributed by atoms with E-state index in [9.17, 15) is 8.42 Å². The van der Waals surface area contributed by atoms with E-state index in [-0.39, 0.29) is 0 Å². The molecule has 2 atom stereocenters. The summed E-state index contributed by atoms with van der Waals surface area (Å²) in [6, 6.07) is 13.6. The summed E-state index contributed by atoms with van der Waals surface area (Å²) >= 11 is 6.34. The predicted octanol–water partition coefficient (Wildman–Crippen LogP) is 3.55. The lowest BCUT2D eigenvalue weighted by atomic mass is 10.0. The molecule has 0 aromatic heterocycles. The van der Waals surface area contributed by atoms with Crippen LogP contribution in [0.15, 0.2) is 42.5 Å². The van der Waals surface area contributed by atoms with Crippen molar-refractivity contribution >= 4 is 32.2 Å². The van der Waals surface area contributed by atoms with Gasteiger partial charge in [-0.25, -0.2) is 8.42 Å². The van der Waals surface area contributed by atoms with Crippen molar-refractivity contribution < 1.29 is 8.42 Å². The molecule has 96 valence electrons. The zero-order valence-corrected chi connectivity index (χ0v) is 11.9. The topological polar surface area (TPSA) is 34.1 Å². The van der Waals surface area contributed by atoms with Crippen LogP contribution in [0.25, 0.3) is 10.8 Å². The molecule has 0 radical (unpaired) electrons. The summed E-state index contributed by atoms with van der Waals surface area (Å²) < 4.78 is 23.2. The lowest BCUT2D eigenvalue weighted by molar-refractivity contribution is 0.587. The molecule has 2 aromatic carbocycles. The summed E-state index contributed by atoms with van der Waals surface area (Å²) in [5.41, 5.74) is 0.868. The normalized spacial score (nSPS) is 15.5. The Morgan fingerprint density at radius 3 is 2.33 bits per heavy atom. The van der Waals surface area contributed by atoms with E-state index in [1.165, 1.54) is 6.26 Å². The van der Waals surface area contributed by atoms with E-state index in [1.54, 1.807) is 6.92 Å². The SMILES string of the molecule is CC(C(Cl)c1cccc2ccccc12)S(C)(=O)=O. The third kappa shape index (κ3) is 2.52. The second-order valence-corrected chi connectivity index (χ2v) is 7.38.